The molecule has 0 fully saturated rings. The van der Waals surface area contributed by atoms with Crippen molar-refractivity contribution in [2.45, 2.75) is 19.8 Å². The molecule has 26 heavy (non-hydrogen) atoms. The van der Waals surface area contributed by atoms with Crippen LogP contribution in [0.1, 0.15) is 18.9 Å². The first kappa shape index (κ1) is 18.5. The number of hydrogen-bond donors (Lipinski definition) is 0. The smallest absolute Gasteiger partial charge is 0.407 e. The summed E-state index contributed by atoms with van der Waals surface area (Å²) in [7, 11) is 0. The average molecular weight is 384 g/mol. The Bertz CT molecular complexity index is 806. The Morgan fingerprint density at radius 1 is 0.654 bits per heavy atom. The van der Waals surface area contributed by atoms with Crippen LogP contribution in [-0.4, -0.2) is 0 Å². The van der Waals surface area contributed by atoms with Crippen LogP contribution in [0.3, 0.4) is 0 Å². The van der Waals surface area contributed by atoms with E-state index in [9.17, 15) is 0 Å². The van der Waals surface area contributed by atoms with E-state index in [-0.39, 0.29) is 0 Å². The summed E-state index contributed by atoms with van der Waals surface area (Å²) in [5.41, 5.74) is 1.26. The molecular weight excluding hydrogens is 363 g/mol. The fourth-order valence-corrected chi connectivity index (χ4v) is 4.44. The maximum atomic E-state index is 6.02. The summed E-state index contributed by atoms with van der Waals surface area (Å²) in [6, 6.07) is 26.6. The van der Waals surface area contributed by atoms with Crippen LogP contribution in [0.25, 0.3) is 0 Å². The predicted octanol–water partition coefficient (Wildman–Crippen LogP) is 6.40. The summed E-state index contributed by atoms with van der Waals surface area (Å²) >= 11 is 5.68. The molecule has 0 aliphatic heterocycles. The highest BCUT2D eigenvalue weighted by Gasteiger charge is 2.26. The van der Waals surface area contributed by atoms with E-state index in [2.05, 4.69) is 6.92 Å². The van der Waals surface area contributed by atoms with Crippen LogP contribution < -0.4 is 13.6 Å². The van der Waals surface area contributed by atoms with Crippen LogP contribution in [-0.2, 0) is 18.2 Å². The summed E-state index contributed by atoms with van der Waals surface area (Å²) in [6.07, 6.45) is 2.14. The van der Waals surface area contributed by atoms with Crippen molar-refractivity contribution < 1.29 is 13.6 Å². The van der Waals surface area contributed by atoms with E-state index >= 15 is 0 Å². The van der Waals surface area contributed by atoms with Gasteiger partial charge in [-0.15, -0.1) is 0 Å². The fraction of sp³-hybridized carbons (Fsp3) is 0.143. The van der Waals surface area contributed by atoms with Gasteiger partial charge in [0.2, 0.25) is 0 Å². The molecule has 3 nitrogen and oxygen atoms in total. The number of hydrogen-bond acceptors (Lipinski definition) is 4. The third-order valence-electron chi connectivity index (χ3n) is 3.60. The normalized spacial score (nSPS) is 11.0. The highest BCUT2D eigenvalue weighted by atomic mass is 32.5. The Kier molecular flexibility index (Phi) is 6.32. The molecule has 3 rings (SSSR count). The third-order valence-corrected chi connectivity index (χ3v) is 5.57. The standard InChI is InChI=1S/C21H21O3PS/c1-2-9-18-14-16-21(17-15-18)24-25(26,22-19-10-5-3-6-11-19)23-20-12-7-4-8-13-20/h3-8,10-17H,2,9H2,1H3. The molecular formula is C21H21O3PS. The second-order valence-corrected chi connectivity index (χ2v) is 8.52. The zero-order chi connectivity index (χ0) is 18.2. The number of para-hydroxylation sites is 2. The van der Waals surface area contributed by atoms with E-state index in [1.807, 2.05) is 84.9 Å². The number of rotatable bonds is 8. The van der Waals surface area contributed by atoms with Gasteiger partial charge in [0.1, 0.15) is 17.2 Å². The Morgan fingerprint density at radius 2 is 1.08 bits per heavy atom. The zero-order valence-corrected chi connectivity index (χ0v) is 16.3. The number of aryl methyl sites for hydroxylation is 1. The lowest BCUT2D eigenvalue weighted by molar-refractivity contribution is 0.384. The monoisotopic (exact) mass is 384 g/mol. The molecule has 3 aromatic carbocycles. The van der Waals surface area contributed by atoms with Crippen molar-refractivity contribution in [1.82, 2.24) is 0 Å². The summed E-state index contributed by atoms with van der Waals surface area (Å²) in [4.78, 5) is 0. The van der Waals surface area contributed by atoms with Crippen LogP contribution in [0.2, 0.25) is 0 Å². The minimum Gasteiger partial charge on any atom is -0.407 e. The second kappa shape index (κ2) is 8.88. The van der Waals surface area contributed by atoms with Crippen LogP contribution in [0.15, 0.2) is 84.9 Å². The Hall–Kier alpha value is -2.29. The highest BCUT2D eigenvalue weighted by Crippen LogP contribution is 2.50. The lowest BCUT2D eigenvalue weighted by atomic mass is 10.1. The SMILES string of the molecule is CCCc1ccc(OP(=S)(Oc2ccccc2)Oc2ccccc2)cc1. The Labute approximate surface area is 159 Å². The average Bonchev–Trinajstić information content (AvgIpc) is 2.65. The van der Waals surface area contributed by atoms with E-state index in [1.54, 1.807) is 0 Å². The third kappa shape index (κ3) is 5.35. The topological polar surface area (TPSA) is 27.7 Å². The molecule has 0 saturated carbocycles. The molecule has 0 radical (unpaired) electrons. The predicted molar refractivity (Wildman–Crippen MR) is 109 cm³/mol. The summed E-state index contributed by atoms with van der Waals surface area (Å²) < 4.78 is 18.0. The first-order valence-electron chi connectivity index (χ1n) is 8.55. The van der Waals surface area contributed by atoms with Gasteiger partial charge in [0, 0.05) is 11.8 Å². The van der Waals surface area contributed by atoms with Crippen molar-refractivity contribution in [3.8, 4) is 17.2 Å². The lowest BCUT2D eigenvalue weighted by Crippen LogP contribution is -2.07. The minimum atomic E-state index is -3.08. The maximum Gasteiger partial charge on any atom is 0.490 e. The Morgan fingerprint density at radius 3 is 1.50 bits per heavy atom. The summed E-state index contributed by atoms with van der Waals surface area (Å²) in [6.45, 7) is -0.924. The van der Waals surface area contributed by atoms with Crippen LogP contribution >= 0.6 is 6.72 Å². The molecule has 0 atom stereocenters. The number of benzene rings is 3. The van der Waals surface area contributed by atoms with Gasteiger partial charge in [0.05, 0.1) is 0 Å². The maximum absolute atomic E-state index is 6.02. The van der Waals surface area contributed by atoms with E-state index in [4.69, 9.17) is 25.4 Å². The van der Waals surface area contributed by atoms with E-state index in [1.165, 1.54) is 5.56 Å². The molecule has 0 aliphatic rings. The molecule has 0 amide bonds. The van der Waals surface area contributed by atoms with Gasteiger partial charge in [-0.2, -0.15) is 0 Å². The van der Waals surface area contributed by atoms with E-state index in [0.29, 0.717) is 17.2 Å². The van der Waals surface area contributed by atoms with Crippen molar-refractivity contribution in [3.63, 3.8) is 0 Å². The summed E-state index contributed by atoms with van der Waals surface area (Å²) in [5, 5.41) is 0. The van der Waals surface area contributed by atoms with Crippen molar-refractivity contribution >= 4 is 18.5 Å². The molecule has 0 aromatic heterocycles. The van der Waals surface area contributed by atoms with Crippen LogP contribution in [0, 0.1) is 0 Å². The van der Waals surface area contributed by atoms with Gasteiger partial charge in [0.15, 0.2) is 0 Å². The molecule has 134 valence electrons. The molecule has 0 unspecified atom stereocenters. The molecule has 3 aromatic rings. The van der Waals surface area contributed by atoms with Gasteiger partial charge >= 0.3 is 6.72 Å². The van der Waals surface area contributed by atoms with Gasteiger partial charge in [-0.05, 0) is 48.4 Å². The molecule has 0 spiro atoms. The van der Waals surface area contributed by atoms with Gasteiger partial charge in [-0.3, -0.25) is 0 Å². The largest absolute Gasteiger partial charge is 0.490 e. The van der Waals surface area contributed by atoms with Crippen molar-refractivity contribution in [2.24, 2.45) is 0 Å². The minimum absolute atomic E-state index is 0.620. The molecule has 0 aliphatic carbocycles. The molecule has 0 N–H and O–H groups in total. The van der Waals surface area contributed by atoms with E-state index < -0.39 is 6.72 Å². The van der Waals surface area contributed by atoms with E-state index in [0.717, 1.165) is 12.8 Å². The van der Waals surface area contributed by atoms with Gasteiger partial charge in [-0.1, -0.05) is 61.9 Å². The first-order chi connectivity index (χ1) is 12.7. The van der Waals surface area contributed by atoms with Crippen LogP contribution in [0.4, 0.5) is 0 Å². The summed E-state index contributed by atoms with van der Waals surface area (Å²) in [5.74, 6) is 1.88. The van der Waals surface area contributed by atoms with Crippen molar-refractivity contribution in [3.05, 3.63) is 90.5 Å². The highest BCUT2D eigenvalue weighted by molar-refractivity contribution is 8.08. The Balaban J connectivity index is 1.83. The van der Waals surface area contributed by atoms with Gasteiger partial charge in [0.25, 0.3) is 0 Å². The molecule has 0 heterocycles. The van der Waals surface area contributed by atoms with Crippen molar-refractivity contribution in [1.29, 1.82) is 0 Å². The zero-order valence-electron chi connectivity index (χ0n) is 14.6. The molecule has 0 bridgehead atoms. The second-order valence-electron chi connectivity index (χ2n) is 5.74. The van der Waals surface area contributed by atoms with Crippen molar-refractivity contribution in [2.75, 3.05) is 0 Å². The fourth-order valence-electron chi connectivity index (χ4n) is 2.41. The quantitative estimate of drug-likeness (QED) is 0.420. The lowest BCUT2D eigenvalue weighted by Gasteiger charge is -2.23. The van der Waals surface area contributed by atoms with Gasteiger partial charge in [-0.25, -0.2) is 0 Å². The molecule has 5 heteroatoms. The first-order valence-corrected chi connectivity index (χ1v) is 11.1. The van der Waals surface area contributed by atoms with Gasteiger partial charge < -0.3 is 13.6 Å². The van der Waals surface area contributed by atoms with Crippen LogP contribution in [0.5, 0.6) is 17.2 Å². The molecule has 0 saturated heterocycles.